The van der Waals surface area contributed by atoms with E-state index in [9.17, 15) is 13.2 Å². The van der Waals surface area contributed by atoms with Crippen LogP contribution in [0.4, 0.5) is 5.69 Å². The lowest BCUT2D eigenvalue weighted by atomic mass is 9.99. The Morgan fingerprint density at radius 2 is 2.00 bits per heavy atom. The number of amides is 1. The molecule has 1 aromatic rings. The Labute approximate surface area is 120 Å². The van der Waals surface area contributed by atoms with Crippen molar-refractivity contribution < 1.29 is 13.2 Å². The maximum absolute atomic E-state index is 12.1. The van der Waals surface area contributed by atoms with Crippen molar-refractivity contribution >= 4 is 21.4 Å². The van der Waals surface area contributed by atoms with E-state index in [0.717, 1.165) is 5.56 Å². The molecule has 1 unspecified atom stereocenters. The van der Waals surface area contributed by atoms with Gasteiger partial charge in [-0.2, -0.15) is 0 Å². The fraction of sp³-hybridized carbons (Fsp3) is 0.500. The molecule has 6 heteroatoms. The van der Waals surface area contributed by atoms with Crippen LogP contribution < -0.4 is 11.1 Å². The summed E-state index contributed by atoms with van der Waals surface area (Å²) in [7, 11) is -3.23. The van der Waals surface area contributed by atoms with Crippen LogP contribution in [0.25, 0.3) is 0 Å². The summed E-state index contributed by atoms with van der Waals surface area (Å²) in [5, 5.41) is 2.69. The van der Waals surface area contributed by atoms with E-state index < -0.39 is 14.6 Å². The average molecular weight is 298 g/mol. The molecule has 0 aliphatic carbocycles. The minimum absolute atomic E-state index is 0.0807. The van der Waals surface area contributed by atoms with Gasteiger partial charge in [-0.25, -0.2) is 8.42 Å². The van der Waals surface area contributed by atoms with Crippen LogP contribution in [0.15, 0.2) is 24.3 Å². The number of sulfone groups is 1. The van der Waals surface area contributed by atoms with E-state index in [1.54, 1.807) is 39.0 Å². The maximum atomic E-state index is 12.1. The second-order valence-electron chi connectivity index (χ2n) is 5.64. The highest BCUT2D eigenvalue weighted by Gasteiger charge is 2.31. The monoisotopic (exact) mass is 298 g/mol. The van der Waals surface area contributed by atoms with Crippen LogP contribution in [-0.4, -0.2) is 31.9 Å². The van der Waals surface area contributed by atoms with E-state index in [2.05, 4.69) is 5.32 Å². The van der Waals surface area contributed by atoms with Crippen LogP contribution in [0, 0.1) is 0 Å². The molecule has 0 heterocycles. The van der Waals surface area contributed by atoms with Crippen molar-refractivity contribution in [1.29, 1.82) is 0 Å². The fourth-order valence-electron chi connectivity index (χ4n) is 1.56. The van der Waals surface area contributed by atoms with Crippen LogP contribution in [0.5, 0.6) is 0 Å². The lowest BCUT2D eigenvalue weighted by molar-refractivity contribution is -0.122. The highest BCUT2D eigenvalue weighted by Crippen LogP contribution is 2.19. The van der Waals surface area contributed by atoms with Crippen molar-refractivity contribution in [2.45, 2.75) is 31.4 Å². The number of benzene rings is 1. The molecule has 1 aromatic carbocycles. The summed E-state index contributed by atoms with van der Waals surface area (Å²) in [6, 6.07) is 7.10. The lowest BCUT2D eigenvalue weighted by Gasteiger charge is -2.24. The Balaban J connectivity index is 2.73. The standard InChI is InChI=1S/C14H22N2O3S/c1-10(11-6-5-7-12(15)8-11)13(17)16-9-14(2,3)20(4,18)19/h5-8,10H,9,15H2,1-4H3,(H,16,17). The molecule has 1 rings (SSSR count). The number of carbonyl (C=O) groups excluding carboxylic acids is 1. The molecule has 0 spiro atoms. The van der Waals surface area contributed by atoms with Crippen molar-refractivity contribution in [1.82, 2.24) is 5.32 Å². The fourth-order valence-corrected chi connectivity index (χ4v) is 1.90. The van der Waals surface area contributed by atoms with Gasteiger partial charge in [-0.15, -0.1) is 0 Å². The van der Waals surface area contributed by atoms with E-state index in [-0.39, 0.29) is 18.4 Å². The third-order valence-electron chi connectivity index (χ3n) is 3.50. The zero-order valence-electron chi connectivity index (χ0n) is 12.3. The first-order valence-corrected chi connectivity index (χ1v) is 8.26. The number of nitrogens with one attached hydrogen (secondary N) is 1. The number of nitrogen functional groups attached to an aromatic ring is 1. The van der Waals surface area contributed by atoms with Crippen molar-refractivity contribution in [2.75, 3.05) is 18.5 Å². The van der Waals surface area contributed by atoms with Gasteiger partial charge in [-0.05, 0) is 38.5 Å². The summed E-state index contributed by atoms with van der Waals surface area (Å²) in [6.07, 6.45) is 1.17. The molecule has 0 aromatic heterocycles. The Hall–Kier alpha value is -1.56. The first-order chi connectivity index (χ1) is 9.04. The molecular formula is C14H22N2O3S. The second kappa shape index (κ2) is 5.83. The smallest absolute Gasteiger partial charge is 0.227 e. The summed E-state index contributed by atoms with van der Waals surface area (Å²) >= 11 is 0. The molecule has 20 heavy (non-hydrogen) atoms. The summed E-state index contributed by atoms with van der Waals surface area (Å²) in [5.41, 5.74) is 7.09. The minimum Gasteiger partial charge on any atom is -0.399 e. The Bertz CT molecular complexity index is 594. The maximum Gasteiger partial charge on any atom is 0.227 e. The molecule has 0 saturated carbocycles. The molecule has 0 radical (unpaired) electrons. The lowest BCUT2D eigenvalue weighted by Crippen LogP contribution is -2.44. The number of nitrogens with two attached hydrogens (primary N) is 1. The number of anilines is 1. The first kappa shape index (κ1) is 16.5. The molecule has 1 amide bonds. The Kier molecular flexibility index (Phi) is 4.81. The van der Waals surface area contributed by atoms with Gasteiger partial charge in [0.15, 0.2) is 9.84 Å². The molecule has 1 atom stereocenters. The van der Waals surface area contributed by atoms with Crippen LogP contribution >= 0.6 is 0 Å². The van der Waals surface area contributed by atoms with Crippen molar-refractivity contribution in [3.63, 3.8) is 0 Å². The predicted octanol–water partition coefficient (Wildman–Crippen LogP) is 1.31. The summed E-state index contributed by atoms with van der Waals surface area (Å²) < 4.78 is 22.2. The molecule has 0 fully saturated rings. The van der Waals surface area contributed by atoms with E-state index in [1.165, 1.54) is 6.26 Å². The molecular weight excluding hydrogens is 276 g/mol. The number of hydrogen-bond donors (Lipinski definition) is 2. The Morgan fingerprint density at radius 1 is 1.40 bits per heavy atom. The van der Waals surface area contributed by atoms with Crippen LogP contribution in [0.1, 0.15) is 32.3 Å². The third kappa shape index (κ3) is 3.96. The summed E-state index contributed by atoms with van der Waals surface area (Å²) in [4.78, 5) is 12.1. The van der Waals surface area contributed by atoms with Gasteiger partial charge in [-0.1, -0.05) is 12.1 Å². The largest absolute Gasteiger partial charge is 0.399 e. The zero-order chi connectivity index (χ0) is 15.6. The van der Waals surface area contributed by atoms with Gasteiger partial charge >= 0.3 is 0 Å². The van der Waals surface area contributed by atoms with Crippen molar-refractivity contribution in [3.05, 3.63) is 29.8 Å². The molecule has 0 saturated heterocycles. The zero-order valence-corrected chi connectivity index (χ0v) is 13.1. The van der Waals surface area contributed by atoms with E-state index in [1.807, 2.05) is 6.07 Å². The van der Waals surface area contributed by atoms with Gasteiger partial charge < -0.3 is 11.1 Å². The second-order valence-corrected chi connectivity index (χ2v) is 8.29. The highest BCUT2D eigenvalue weighted by molar-refractivity contribution is 7.92. The number of carbonyl (C=O) groups is 1. The van der Waals surface area contributed by atoms with Gasteiger partial charge in [0.25, 0.3) is 0 Å². The van der Waals surface area contributed by atoms with Gasteiger partial charge in [-0.3, -0.25) is 4.79 Å². The van der Waals surface area contributed by atoms with Gasteiger partial charge in [0, 0.05) is 18.5 Å². The molecule has 0 aliphatic heterocycles. The van der Waals surface area contributed by atoms with Crippen molar-refractivity contribution in [3.8, 4) is 0 Å². The van der Waals surface area contributed by atoms with E-state index in [4.69, 9.17) is 5.73 Å². The summed E-state index contributed by atoms with van der Waals surface area (Å²) in [6.45, 7) is 5.02. The average Bonchev–Trinajstić information content (AvgIpc) is 2.33. The quantitative estimate of drug-likeness (QED) is 0.802. The first-order valence-electron chi connectivity index (χ1n) is 6.37. The molecule has 0 aliphatic rings. The van der Waals surface area contributed by atoms with Crippen LogP contribution in [0.2, 0.25) is 0 Å². The number of hydrogen-bond acceptors (Lipinski definition) is 4. The van der Waals surface area contributed by atoms with Gasteiger partial charge in [0.2, 0.25) is 5.91 Å². The number of rotatable bonds is 5. The normalized spacial score (nSPS) is 13.8. The molecule has 112 valence electrons. The summed E-state index contributed by atoms with van der Waals surface area (Å²) in [5.74, 6) is -0.596. The minimum atomic E-state index is -3.23. The Morgan fingerprint density at radius 3 is 2.50 bits per heavy atom. The third-order valence-corrected chi connectivity index (χ3v) is 5.65. The van der Waals surface area contributed by atoms with Crippen LogP contribution in [-0.2, 0) is 14.6 Å². The highest BCUT2D eigenvalue weighted by atomic mass is 32.2. The van der Waals surface area contributed by atoms with Gasteiger partial charge in [0.1, 0.15) is 0 Å². The molecule has 3 N–H and O–H groups in total. The molecule has 5 nitrogen and oxygen atoms in total. The van der Waals surface area contributed by atoms with E-state index in [0.29, 0.717) is 5.69 Å². The van der Waals surface area contributed by atoms with Crippen molar-refractivity contribution in [2.24, 2.45) is 0 Å². The van der Waals surface area contributed by atoms with Gasteiger partial charge in [0.05, 0.1) is 10.7 Å². The predicted molar refractivity (Wildman–Crippen MR) is 81.2 cm³/mol. The topological polar surface area (TPSA) is 89.3 Å². The van der Waals surface area contributed by atoms with Crippen LogP contribution in [0.3, 0.4) is 0 Å². The SMILES string of the molecule is CC(C(=O)NCC(C)(C)S(C)(=O)=O)c1cccc(N)c1. The van der Waals surface area contributed by atoms with E-state index >= 15 is 0 Å². The molecule has 0 bridgehead atoms.